The summed E-state index contributed by atoms with van der Waals surface area (Å²) in [6.07, 6.45) is 0.333. The number of rotatable bonds is 5. The third-order valence-electron chi connectivity index (χ3n) is 4.04. The van der Waals surface area contributed by atoms with Crippen molar-refractivity contribution in [1.29, 1.82) is 0 Å². The first kappa shape index (κ1) is 17.4. The fourth-order valence-corrected chi connectivity index (χ4v) is 2.68. The Morgan fingerprint density at radius 1 is 1.04 bits per heavy atom. The lowest BCUT2D eigenvalue weighted by Crippen LogP contribution is -2.37. The summed E-state index contributed by atoms with van der Waals surface area (Å²) in [5, 5.41) is 10.8. The van der Waals surface area contributed by atoms with Crippen LogP contribution in [0.25, 0.3) is 6.08 Å². The third-order valence-corrected chi connectivity index (χ3v) is 4.04. The van der Waals surface area contributed by atoms with Crippen molar-refractivity contribution in [3.8, 4) is 11.5 Å². The van der Waals surface area contributed by atoms with E-state index in [2.05, 4.69) is 0 Å². The molecule has 0 aliphatic heterocycles. The molecule has 26 heavy (non-hydrogen) atoms. The van der Waals surface area contributed by atoms with E-state index in [0.717, 1.165) is 0 Å². The van der Waals surface area contributed by atoms with Crippen LogP contribution in [-0.2, 0) is 4.79 Å². The average molecular weight is 351 g/mol. The summed E-state index contributed by atoms with van der Waals surface area (Å²) in [7, 11) is 1.41. The van der Waals surface area contributed by atoms with E-state index in [0.29, 0.717) is 16.7 Å². The molecule has 0 heterocycles. The molecule has 0 amide bonds. The minimum atomic E-state index is -1.35. The van der Waals surface area contributed by atoms with E-state index in [1.165, 1.54) is 26.2 Å². The van der Waals surface area contributed by atoms with Crippen molar-refractivity contribution in [1.82, 2.24) is 0 Å². The number of carbonyl (C=O) groups is 3. The normalized spacial score (nSPS) is 14.0. The molecule has 0 fully saturated rings. The molecular weight excluding hydrogens is 336 g/mol. The van der Waals surface area contributed by atoms with Crippen LogP contribution in [0.5, 0.6) is 11.5 Å². The smallest absolute Gasteiger partial charge is 0.197 e. The van der Waals surface area contributed by atoms with Crippen LogP contribution in [0, 0.1) is 0 Å². The van der Waals surface area contributed by atoms with Crippen LogP contribution in [0.1, 0.15) is 33.2 Å². The van der Waals surface area contributed by atoms with Gasteiger partial charge in [0.1, 0.15) is 6.10 Å². The van der Waals surface area contributed by atoms with Gasteiger partial charge in [0.05, 0.1) is 18.7 Å². The molecule has 0 unspecified atom stereocenters. The number of hydrogen-bond donors (Lipinski definition) is 0. The summed E-state index contributed by atoms with van der Waals surface area (Å²) in [6.45, 7) is 1.34. The van der Waals surface area contributed by atoms with E-state index >= 15 is 0 Å². The number of ether oxygens (including phenoxy) is 2. The SMILES string of the molecule is COc1cc(C=C2C(=O)c3ccccc3C2=O)ccc1O[C@H](C)C(=O)[O-]. The Balaban J connectivity index is 1.94. The van der Waals surface area contributed by atoms with Gasteiger partial charge in [0.2, 0.25) is 0 Å². The van der Waals surface area contributed by atoms with Crippen LogP contribution in [0.4, 0.5) is 0 Å². The number of carbonyl (C=O) groups excluding carboxylic acids is 3. The molecule has 2 aromatic rings. The minimum absolute atomic E-state index is 0.0741. The van der Waals surface area contributed by atoms with Gasteiger partial charge in [-0.3, -0.25) is 9.59 Å². The van der Waals surface area contributed by atoms with Crippen LogP contribution in [0.2, 0.25) is 0 Å². The fraction of sp³-hybridized carbons (Fsp3) is 0.150. The van der Waals surface area contributed by atoms with Gasteiger partial charge >= 0.3 is 0 Å². The average Bonchev–Trinajstić information content (AvgIpc) is 2.88. The number of ketones is 2. The summed E-state index contributed by atoms with van der Waals surface area (Å²) in [5.41, 5.74) is 1.40. The number of aliphatic carboxylic acids is 1. The molecule has 1 aliphatic carbocycles. The van der Waals surface area contributed by atoms with E-state index in [-0.39, 0.29) is 28.6 Å². The lowest BCUT2D eigenvalue weighted by atomic mass is 10.1. The zero-order valence-corrected chi connectivity index (χ0v) is 14.1. The number of allylic oxidation sites excluding steroid dienone is 1. The summed E-state index contributed by atoms with van der Waals surface area (Å²) in [5.74, 6) is -1.49. The Labute approximate surface area is 149 Å². The molecular formula is C20H15O6-. The second kappa shape index (κ2) is 6.84. The van der Waals surface area contributed by atoms with Crippen LogP contribution in [0.15, 0.2) is 48.0 Å². The molecule has 0 radical (unpaired) electrons. The van der Waals surface area contributed by atoms with Crippen molar-refractivity contribution in [3.05, 3.63) is 64.7 Å². The number of Topliss-reactive ketones (excluding diaryl/α,β-unsaturated/α-hetero) is 2. The molecule has 1 aliphatic rings. The van der Waals surface area contributed by atoms with Crippen molar-refractivity contribution in [2.75, 3.05) is 7.11 Å². The van der Waals surface area contributed by atoms with Crippen molar-refractivity contribution >= 4 is 23.6 Å². The van der Waals surface area contributed by atoms with Gasteiger partial charge in [-0.1, -0.05) is 30.3 Å². The van der Waals surface area contributed by atoms with Gasteiger partial charge < -0.3 is 19.4 Å². The fourth-order valence-electron chi connectivity index (χ4n) is 2.68. The highest BCUT2D eigenvalue weighted by Gasteiger charge is 2.32. The molecule has 3 rings (SSSR count). The maximum atomic E-state index is 12.4. The van der Waals surface area contributed by atoms with Gasteiger partial charge in [0, 0.05) is 11.1 Å². The number of benzene rings is 2. The molecule has 0 N–H and O–H groups in total. The van der Waals surface area contributed by atoms with E-state index in [4.69, 9.17) is 9.47 Å². The zero-order valence-electron chi connectivity index (χ0n) is 14.1. The Morgan fingerprint density at radius 3 is 2.19 bits per heavy atom. The van der Waals surface area contributed by atoms with Gasteiger partial charge in [0.15, 0.2) is 23.1 Å². The first-order valence-corrected chi connectivity index (χ1v) is 7.88. The second-order valence-corrected chi connectivity index (χ2v) is 5.75. The van der Waals surface area contributed by atoms with Crippen molar-refractivity contribution in [2.24, 2.45) is 0 Å². The molecule has 0 saturated carbocycles. The molecule has 132 valence electrons. The second-order valence-electron chi connectivity index (χ2n) is 5.75. The zero-order chi connectivity index (χ0) is 18.8. The van der Waals surface area contributed by atoms with Crippen LogP contribution in [0.3, 0.4) is 0 Å². The molecule has 6 nitrogen and oxygen atoms in total. The first-order valence-electron chi connectivity index (χ1n) is 7.88. The molecule has 2 aromatic carbocycles. The monoisotopic (exact) mass is 351 g/mol. The summed E-state index contributed by atoms with van der Waals surface area (Å²) in [4.78, 5) is 35.7. The quantitative estimate of drug-likeness (QED) is 0.601. The highest BCUT2D eigenvalue weighted by molar-refractivity contribution is 6.41. The molecule has 0 aromatic heterocycles. The third kappa shape index (κ3) is 3.09. The van der Waals surface area contributed by atoms with Gasteiger partial charge in [-0.05, 0) is 30.7 Å². The number of carboxylic acid groups (broad SMARTS) is 1. The van der Waals surface area contributed by atoms with E-state index in [9.17, 15) is 19.5 Å². The maximum absolute atomic E-state index is 12.4. The van der Waals surface area contributed by atoms with E-state index < -0.39 is 12.1 Å². The number of fused-ring (bicyclic) bond motifs is 1. The predicted octanol–water partition coefficient (Wildman–Crippen LogP) is 1.67. The van der Waals surface area contributed by atoms with Crippen molar-refractivity contribution in [2.45, 2.75) is 13.0 Å². The largest absolute Gasteiger partial charge is 0.546 e. The molecule has 0 spiro atoms. The summed E-state index contributed by atoms with van der Waals surface area (Å²) in [6, 6.07) is 11.3. The van der Waals surface area contributed by atoms with Crippen molar-refractivity contribution in [3.63, 3.8) is 0 Å². The Bertz CT molecular complexity index is 904. The number of carboxylic acids is 1. The summed E-state index contributed by atoms with van der Waals surface area (Å²) < 4.78 is 10.5. The van der Waals surface area contributed by atoms with Crippen LogP contribution in [-0.4, -0.2) is 30.7 Å². The Hall–Kier alpha value is -3.41. The highest BCUT2D eigenvalue weighted by atomic mass is 16.5. The highest BCUT2D eigenvalue weighted by Crippen LogP contribution is 2.32. The maximum Gasteiger partial charge on any atom is 0.197 e. The van der Waals surface area contributed by atoms with Gasteiger partial charge in [-0.25, -0.2) is 0 Å². The topological polar surface area (TPSA) is 92.7 Å². The predicted molar refractivity (Wildman–Crippen MR) is 91.2 cm³/mol. The molecule has 0 bridgehead atoms. The van der Waals surface area contributed by atoms with E-state index in [1.807, 2.05) is 0 Å². The molecule has 0 saturated heterocycles. The van der Waals surface area contributed by atoms with Crippen LogP contribution < -0.4 is 14.6 Å². The number of hydrogen-bond acceptors (Lipinski definition) is 6. The summed E-state index contributed by atoms with van der Waals surface area (Å²) >= 11 is 0. The Morgan fingerprint density at radius 2 is 1.65 bits per heavy atom. The van der Waals surface area contributed by atoms with Crippen molar-refractivity contribution < 1.29 is 29.0 Å². The number of methoxy groups -OCH3 is 1. The van der Waals surface area contributed by atoms with Gasteiger partial charge in [0.25, 0.3) is 0 Å². The van der Waals surface area contributed by atoms with Crippen LogP contribution >= 0.6 is 0 Å². The lowest BCUT2D eigenvalue weighted by Gasteiger charge is -2.17. The molecule has 6 heteroatoms. The lowest BCUT2D eigenvalue weighted by molar-refractivity contribution is -0.312. The minimum Gasteiger partial charge on any atom is -0.546 e. The van der Waals surface area contributed by atoms with Gasteiger partial charge in [-0.2, -0.15) is 0 Å². The van der Waals surface area contributed by atoms with Gasteiger partial charge in [-0.15, -0.1) is 0 Å². The van der Waals surface area contributed by atoms with E-state index in [1.54, 1.807) is 36.4 Å². The molecule has 1 atom stereocenters. The first-order chi connectivity index (χ1) is 12.4. The standard InChI is InChI=1S/C20H16O6/c1-11(20(23)24)26-16-8-7-12(10-17(16)25-2)9-15-18(21)13-5-3-4-6-14(13)19(15)22/h3-11H,1-2H3,(H,23,24)/p-1/t11-/m1/s1. The Kier molecular flexibility index (Phi) is 4.58.